The summed E-state index contributed by atoms with van der Waals surface area (Å²) in [6.45, 7) is 3.17. The molecule has 0 unspecified atom stereocenters. The topological polar surface area (TPSA) is 121 Å². The third kappa shape index (κ3) is 3.82. The fraction of sp³-hybridized carbons (Fsp3) is 0.440. The number of hydrogen-bond donors (Lipinski definition) is 2. The van der Waals surface area contributed by atoms with Crippen molar-refractivity contribution in [3.05, 3.63) is 62.6 Å². The van der Waals surface area contributed by atoms with Gasteiger partial charge in [-0.2, -0.15) is 0 Å². The maximum absolute atomic E-state index is 14.2. The van der Waals surface area contributed by atoms with E-state index in [1.165, 1.54) is 21.3 Å². The van der Waals surface area contributed by atoms with E-state index in [0.29, 0.717) is 18.4 Å². The highest BCUT2D eigenvalue weighted by Gasteiger charge is 2.56. The highest BCUT2D eigenvalue weighted by molar-refractivity contribution is 5.99. The summed E-state index contributed by atoms with van der Waals surface area (Å²) in [4.78, 5) is 54.6. The van der Waals surface area contributed by atoms with E-state index in [1.807, 2.05) is 6.92 Å². The zero-order chi connectivity index (χ0) is 26.8. The first-order chi connectivity index (χ1) is 17.4. The van der Waals surface area contributed by atoms with Gasteiger partial charge < -0.3 is 29.5 Å². The zero-order valence-corrected chi connectivity index (χ0v) is 20.5. The second-order valence-electron chi connectivity index (χ2n) is 10.0. The predicted octanol–water partition coefficient (Wildman–Crippen LogP) is 2.07. The number of carbonyl (C=O) groups excluding carboxylic acids is 3. The summed E-state index contributed by atoms with van der Waals surface area (Å²) in [5.74, 6) is -4.18. The van der Waals surface area contributed by atoms with Gasteiger partial charge in [0.15, 0.2) is 17.0 Å². The Morgan fingerprint density at radius 2 is 1.92 bits per heavy atom. The number of likely N-dealkylation sites (N-methyl/N-ethyl adjacent to an activating group) is 1. The molecule has 1 spiro atoms. The minimum Gasteiger partial charge on any atom is -0.503 e. The number of fused-ring (bicyclic) bond motifs is 5. The first-order valence-corrected chi connectivity index (χ1v) is 11.9. The summed E-state index contributed by atoms with van der Waals surface area (Å²) in [5.41, 5.74) is -2.98. The van der Waals surface area contributed by atoms with Gasteiger partial charge in [-0.25, -0.2) is 13.6 Å². The van der Waals surface area contributed by atoms with Gasteiger partial charge in [-0.3, -0.25) is 14.4 Å². The molecule has 3 aliphatic rings. The number of aromatic nitrogens is 1. The minimum absolute atomic E-state index is 0.136. The quantitative estimate of drug-likeness (QED) is 0.645. The van der Waals surface area contributed by atoms with Crippen LogP contribution in [0.15, 0.2) is 23.1 Å². The van der Waals surface area contributed by atoms with E-state index in [4.69, 9.17) is 4.74 Å². The number of halogens is 2. The van der Waals surface area contributed by atoms with E-state index in [2.05, 4.69) is 5.32 Å². The summed E-state index contributed by atoms with van der Waals surface area (Å²) in [5, 5.41) is 13.1. The van der Waals surface area contributed by atoms with Crippen LogP contribution in [-0.4, -0.2) is 69.2 Å². The number of aryl methyl sites for hydroxylation is 1. The van der Waals surface area contributed by atoms with Gasteiger partial charge >= 0.3 is 6.09 Å². The smallest absolute Gasteiger partial charge is 0.410 e. The number of carbonyl (C=O) groups is 3. The van der Waals surface area contributed by atoms with Crippen molar-refractivity contribution < 1.29 is 33.0 Å². The van der Waals surface area contributed by atoms with Gasteiger partial charge in [-0.05, 0) is 44.4 Å². The average molecular weight is 517 g/mol. The first kappa shape index (κ1) is 24.7. The summed E-state index contributed by atoms with van der Waals surface area (Å²) >= 11 is 0. The average Bonchev–Trinajstić information content (AvgIpc) is 3.05. The number of ether oxygens (including phenoxy) is 1. The second-order valence-corrected chi connectivity index (χ2v) is 10.0. The Balaban J connectivity index is 1.56. The van der Waals surface area contributed by atoms with Crippen LogP contribution in [-0.2, 0) is 11.3 Å². The number of nitrogens with zero attached hydrogens (tertiary/aromatic N) is 3. The van der Waals surface area contributed by atoms with Gasteiger partial charge in [-0.1, -0.05) is 0 Å². The van der Waals surface area contributed by atoms with Crippen molar-refractivity contribution in [2.75, 3.05) is 20.1 Å². The van der Waals surface area contributed by atoms with Crippen molar-refractivity contribution in [3.63, 3.8) is 0 Å². The normalized spacial score (nSPS) is 24.7. The van der Waals surface area contributed by atoms with E-state index in [1.54, 1.807) is 7.05 Å². The van der Waals surface area contributed by atoms with Crippen LogP contribution >= 0.6 is 0 Å². The molecule has 37 heavy (non-hydrogen) atoms. The molecule has 1 aromatic heterocycles. The number of pyridine rings is 1. The fourth-order valence-electron chi connectivity index (χ4n) is 5.52. The Morgan fingerprint density at radius 1 is 1.24 bits per heavy atom. The van der Waals surface area contributed by atoms with Crippen molar-refractivity contribution in [1.82, 2.24) is 19.7 Å². The molecule has 2 saturated heterocycles. The molecular formula is C25H26F2N4O6. The Bertz CT molecular complexity index is 1390. The summed E-state index contributed by atoms with van der Waals surface area (Å²) < 4.78 is 35.6. The Kier molecular flexibility index (Phi) is 5.72. The molecule has 2 aromatic rings. The van der Waals surface area contributed by atoms with Crippen LogP contribution in [0.2, 0.25) is 0 Å². The SMILES string of the molecule is Cc1cc(F)c(CNC(=O)c2cn3c(c(O)c2=O)C(=O)N2C[C@@H]3[C@@]3(CC[C@@H]2C)CN(C)C(=O)O3)c(F)c1. The second kappa shape index (κ2) is 8.56. The number of amides is 3. The van der Waals surface area contributed by atoms with Crippen LogP contribution in [0.5, 0.6) is 5.75 Å². The molecule has 12 heteroatoms. The molecule has 2 fully saturated rings. The molecule has 196 valence electrons. The summed E-state index contributed by atoms with van der Waals surface area (Å²) in [7, 11) is 1.59. The highest BCUT2D eigenvalue weighted by atomic mass is 19.1. The number of rotatable bonds is 3. The van der Waals surface area contributed by atoms with Gasteiger partial charge in [0.1, 0.15) is 17.2 Å². The number of aromatic hydroxyl groups is 1. The minimum atomic E-state index is -1.09. The summed E-state index contributed by atoms with van der Waals surface area (Å²) in [6, 6.07) is 1.30. The molecule has 1 aromatic carbocycles. The van der Waals surface area contributed by atoms with Crippen molar-refractivity contribution >= 4 is 17.9 Å². The largest absolute Gasteiger partial charge is 0.503 e. The first-order valence-electron chi connectivity index (χ1n) is 11.9. The zero-order valence-electron chi connectivity index (χ0n) is 20.5. The van der Waals surface area contributed by atoms with Crippen LogP contribution in [0.4, 0.5) is 13.6 Å². The molecule has 3 amide bonds. The van der Waals surface area contributed by atoms with E-state index in [-0.39, 0.29) is 30.4 Å². The Hall–Kier alpha value is -3.96. The maximum Gasteiger partial charge on any atom is 0.410 e. The van der Waals surface area contributed by atoms with Gasteiger partial charge in [-0.15, -0.1) is 0 Å². The van der Waals surface area contributed by atoms with Crippen molar-refractivity contribution in [2.45, 2.75) is 50.9 Å². The summed E-state index contributed by atoms with van der Waals surface area (Å²) in [6.07, 6.45) is 1.55. The lowest BCUT2D eigenvalue weighted by molar-refractivity contribution is -0.00217. The van der Waals surface area contributed by atoms with E-state index in [0.717, 1.165) is 18.3 Å². The molecule has 2 bridgehead atoms. The van der Waals surface area contributed by atoms with Crippen LogP contribution in [0.1, 0.15) is 57.8 Å². The van der Waals surface area contributed by atoms with E-state index < -0.39 is 64.5 Å². The molecule has 10 nitrogen and oxygen atoms in total. The molecule has 2 N–H and O–H groups in total. The maximum atomic E-state index is 14.2. The lowest BCUT2D eigenvalue weighted by Gasteiger charge is -2.42. The molecule has 5 rings (SSSR count). The van der Waals surface area contributed by atoms with Crippen LogP contribution in [0.3, 0.4) is 0 Å². The lowest BCUT2D eigenvalue weighted by atomic mass is 9.88. The van der Waals surface area contributed by atoms with E-state index in [9.17, 15) is 33.1 Å². The molecule has 0 saturated carbocycles. The third-order valence-electron chi connectivity index (χ3n) is 7.57. The number of hydrogen-bond acceptors (Lipinski definition) is 6. The van der Waals surface area contributed by atoms with Crippen LogP contribution in [0, 0.1) is 18.6 Å². The van der Waals surface area contributed by atoms with Crippen molar-refractivity contribution in [1.29, 1.82) is 0 Å². The number of benzene rings is 1. The van der Waals surface area contributed by atoms with Crippen molar-refractivity contribution in [2.24, 2.45) is 0 Å². The van der Waals surface area contributed by atoms with Gasteiger partial charge in [0.2, 0.25) is 5.43 Å². The lowest BCUT2D eigenvalue weighted by Crippen LogP contribution is -2.53. The Labute approximate surface area is 210 Å². The van der Waals surface area contributed by atoms with Crippen LogP contribution < -0.4 is 10.7 Å². The molecule has 0 aliphatic carbocycles. The molecular weight excluding hydrogens is 490 g/mol. The Morgan fingerprint density at radius 3 is 2.54 bits per heavy atom. The predicted molar refractivity (Wildman–Crippen MR) is 125 cm³/mol. The number of nitrogens with one attached hydrogen (secondary N) is 1. The molecule has 3 aliphatic heterocycles. The van der Waals surface area contributed by atoms with Gasteiger partial charge in [0, 0.05) is 37.9 Å². The van der Waals surface area contributed by atoms with Crippen LogP contribution in [0.25, 0.3) is 0 Å². The van der Waals surface area contributed by atoms with Gasteiger partial charge in [0.25, 0.3) is 11.8 Å². The molecule has 4 heterocycles. The highest BCUT2D eigenvalue weighted by Crippen LogP contribution is 2.44. The van der Waals surface area contributed by atoms with Crippen molar-refractivity contribution in [3.8, 4) is 5.75 Å². The standard InChI is InChI=1S/C25H26F2N4O6/c1-12-6-16(26)14(17(27)7-12)8-28-22(34)15-9-31-18-10-30(23(35)19(31)21(33)20(15)32)13(2)4-5-25(18)11-29(3)24(36)37-25/h6-7,9,13,18,33H,4-5,8,10-11H2,1-3H3,(H,28,34)/t13-,18+,25+/m0/s1. The molecule has 0 radical (unpaired) electrons. The van der Waals surface area contributed by atoms with Gasteiger partial charge in [0.05, 0.1) is 12.6 Å². The monoisotopic (exact) mass is 516 g/mol. The third-order valence-corrected chi connectivity index (χ3v) is 7.57. The fourth-order valence-corrected chi connectivity index (χ4v) is 5.52. The van der Waals surface area contributed by atoms with E-state index >= 15 is 0 Å². The molecule has 3 atom stereocenters.